The van der Waals surface area contributed by atoms with E-state index < -0.39 is 17.6 Å². The van der Waals surface area contributed by atoms with Gasteiger partial charge in [0.05, 0.1) is 17.2 Å². The van der Waals surface area contributed by atoms with Crippen LogP contribution < -0.4 is 10.6 Å². The Kier molecular flexibility index (Phi) is 4.55. The van der Waals surface area contributed by atoms with Crippen molar-refractivity contribution < 1.29 is 18.0 Å². The predicted octanol–water partition coefficient (Wildman–Crippen LogP) is 3.30. The normalized spacial score (nSPS) is 19.7. The van der Waals surface area contributed by atoms with Crippen molar-refractivity contribution in [1.82, 2.24) is 5.32 Å². The molecule has 0 bridgehead atoms. The summed E-state index contributed by atoms with van der Waals surface area (Å²) < 4.78 is 38.7. The highest BCUT2D eigenvalue weighted by atomic mass is 35.5. The van der Waals surface area contributed by atoms with Crippen LogP contribution in [0.1, 0.15) is 18.4 Å². The molecule has 110 valence electrons. The lowest BCUT2D eigenvalue weighted by molar-refractivity contribution is -0.137. The molecule has 20 heavy (non-hydrogen) atoms. The molecule has 0 unspecified atom stereocenters. The lowest BCUT2D eigenvalue weighted by Crippen LogP contribution is -2.37. The van der Waals surface area contributed by atoms with E-state index in [4.69, 9.17) is 11.6 Å². The zero-order chi connectivity index (χ0) is 14.8. The summed E-state index contributed by atoms with van der Waals surface area (Å²) in [5, 5.41) is 5.39. The summed E-state index contributed by atoms with van der Waals surface area (Å²) in [6.45, 7) is 1.32. The molecule has 0 radical (unpaired) electrons. The summed E-state index contributed by atoms with van der Waals surface area (Å²) in [7, 11) is 0. The fraction of sp³-hybridized carbons (Fsp3) is 0.462. The number of halogens is 4. The quantitative estimate of drug-likeness (QED) is 0.880. The van der Waals surface area contributed by atoms with E-state index in [1.807, 2.05) is 0 Å². The van der Waals surface area contributed by atoms with Gasteiger partial charge in [-0.25, -0.2) is 0 Å². The molecule has 1 fully saturated rings. The van der Waals surface area contributed by atoms with Crippen LogP contribution >= 0.6 is 11.6 Å². The summed E-state index contributed by atoms with van der Waals surface area (Å²) in [5.41, 5.74) is -1.18. The maximum atomic E-state index is 12.9. The third-order valence-electron chi connectivity index (χ3n) is 3.21. The topological polar surface area (TPSA) is 41.1 Å². The molecule has 1 aromatic rings. The lowest BCUT2D eigenvalue weighted by Gasteiger charge is -2.23. The molecule has 1 aromatic carbocycles. The van der Waals surface area contributed by atoms with Crippen molar-refractivity contribution in [3.8, 4) is 0 Å². The number of piperidine rings is 1. The van der Waals surface area contributed by atoms with E-state index in [0.717, 1.165) is 19.0 Å². The Morgan fingerprint density at radius 3 is 2.75 bits per heavy atom. The van der Waals surface area contributed by atoms with Crippen LogP contribution in [-0.4, -0.2) is 19.0 Å². The van der Waals surface area contributed by atoms with E-state index in [2.05, 4.69) is 10.6 Å². The third-order valence-corrected chi connectivity index (χ3v) is 3.45. The van der Waals surface area contributed by atoms with Crippen LogP contribution in [0.3, 0.4) is 0 Å². The van der Waals surface area contributed by atoms with E-state index in [0.29, 0.717) is 13.0 Å². The molecular weight excluding hydrogens is 293 g/mol. The van der Waals surface area contributed by atoms with Gasteiger partial charge in [-0.2, -0.15) is 13.2 Å². The molecule has 0 aromatic heterocycles. The average Bonchev–Trinajstić information content (AvgIpc) is 2.40. The number of rotatable bonds is 2. The van der Waals surface area contributed by atoms with Gasteiger partial charge in [0.1, 0.15) is 0 Å². The van der Waals surface area contributed by atoms with Gasteiger partial charge in [0.2, 0.25) is 5.91 Å². The molecule has 0 saturated carbocycles. The minimum Gasteiger partial charge on any atom is -0.325 e. The Morgan fingerprint density at radius 1 is 1.40 bits per heavy atom. The van der Waals surface area contributed by atoms with Crippen LogP contribution in [0, 0.1) is 5.92 Å². The number of hydrogen-bond acceptors (Lipinski definition) is 2. The van der Waals surface area contributed by atoms with Gasteiger partial charge in [0.15, 0.2) is 0 Å². The van der Waals surface area contributed by atoms with Crippen LogP contribution in [-0.2, 0) is 11.0 Å². The minimum atomic E-state index is -4.56. The molecule has 1 aliphatic heterocycles. The molecule has 1 heterocycles. The number of carbonyl (C=O) groups excluding carboxylic acids is 1. The van der Waals surface area contributed by atoms with Gasteiger partial charge >= 0.3 is 6.18 Å². The maximum absolute atomic E-state index is 12.9. The molecule has 2 N–H and O–H groups in total. The van der Waals surface area contributed by atoms with E-state index in [9.17, 15) is 18.0 Å². The highest BCUT2D eigenvalue weighted by Gasteiger charge is 2.34. The minimum absolute atomic E-state index is 0.0188. The van der Waals surface area contributed by atoms with E-state index in [1.54, 1.807) is 0 Å². The van der Waals surface area contributed by atoms with Crippen LogP contribution in [0.2, 0.25) is 5.02 Å². The van der Waals surface area contributed by atoms with Crippen molar-refractivity contribution in [1.29, 1.82) is 0 Å². The SMILES string of the molecule is O=C(Nc1ccc(Cl)cc1C(F)(F)F)[C@H]1CCCNC1. The first kappa shape index (κ1) is 15.1. The summed E-state index contributed by atoms with van der Waals surface area (Å²) in [4.78, 5) is 12.0. The molecule has 1 atom stereocenters. The second kappa shape index (κ2) is 6.01. The molecule has 0 aliphatic carbocycles. The predicted molar refractivity (Wildman–Crippen MR) is 70.7 cm³/mol. The second-order valence-electron chi connectivity index (χ2n) is 4.72. The first-order chi connectivity index (χ1) is 9.38. The Hall–Kier alpha value is -1.27. The molecule has 3 nitrogen and oxygen atoms in total. The van der Waals surface area contributed by atoms with Crippen LogP contribution in [0.25, 0.3) is 0 Å². The number of amides is 1. The summed E-state index contributed by atoms with van der Waals surface area (Å²) in [6.07, 6.45) is -3.04. The Labute approximate surface area is 119 Å². The fourth-order valence-corrected chi connectivity index (χ4v) is 2.34. The van der Waals surface area contributed by atoms with E-state index >= 15 is 0 Å². The summed E-state index contributed by atoms with van der Waals surface area (Å²) in [5.74, 6) is -0.703. The van der Waals surface area contributed by atoms with E-state index in [-0.39, 0.29) is 16.6 Å². The molecular formula is C13H14ClF3N2O. The number of carbonyl (C=O) groups is 1. The van der Waals surface area contributed by atoms with Crippen LogP contribution in [0.5, 0.6) is 0 Å². The van der Waals surface area contributed by atoms with Crippen molar-refractivity contribution in [3.05, 3.63) is 28.8 Å². The molecule has 2 rings (SSSR count). The standard InChI is InChI=1S/C13H14ClF3N2O/c14-9-3-4-11(10(6-9)13(15,16)17)19-12(20)8-2-1-5-18-7-8/h3-4,6,8,18H,1-2,5,7H2,(H,19,20)/t8-/m0/s1. The Bertz CT molecular complexity index is 499. The highest BCUT2D eigenvalue weighted by Crippen LogP contribution is 2.36. The largest absolute Gasteiger partial charge is 0.418 e. The number of benzene rings is 1. The highest BCUT2D eigenvalue weighted by molar-refractivity contribution is 6.30. The zero-order valence-corrected chi connectivity index (χ0v) is 11.3. The van der Waals surface area contributed by atoms with Gasteiger partial charge in [0, 0.05) is 11.6 Å². The van der Waals surface area contributed by atoms with Crippen molar-refractivity contribution >= 4 is 23.2 Å². The molecule has 1 aliphatic rings. The molecule has 7 heteroatoms. The monoisotopic (exact) mass is 306 g/mol. The third kappa shape index (κ3) is 3.64. The fourth-order valence-electron chi connectivity index (χ4n) is 2.17. The summed E-state index contributed by atoms with van der Waals surface area (Å²) in [6, 6.07) is 3.32. The average molecular weight is 307 g/mol. The van der Waals surface area contributed by atoms with Crippen LogP contribution in [0.4, 0.5) is 18.9 Å². The van der Waals surface area contributed by atoms with Gasteiger partial charge in [0.25, 0.3) is 0 Å². The maximum Gasteiger partial charge on any atom is 0.418 e. The van der Waals surface area contributed by atoms with Gasteiger partial charge in [-0.3, -0.25) is 4.79 Å². The molecule has 1 amide bonds. The van der Waals surface area contributed by atoms with Crippen molar-refractivity contribution in [3.63, 3.8) is 0 Å². The Morgan fingerprint density at radius 2 is 2.15 bits per heavy atom. The number of hydrogen-bond donors (Lipinski definition) is 2. The first-order valence-electron chi connectivity index (χ1n) is 6.26. The lowest BCUT2D eigenvalue weighted by atomic mass is 9.98. The van der Waals surface area contributed by atoms with E-state index in [1.165, 1.54) is 12.1 Å². The van der Waals surface area contributed by atoms with Gasteiger partial charge in [-0.1, -0.05) is 11.6 Å². The van der Waals surface area contributed by atoms with Gasteiger partial charge < -0.3 is 10.6 Å². The Balaban J connectivity index is 2.18. The molecule has 0 spiro atoms. The number of alkyl halides is 3. The number of nitrogens with one attached hydrogen (secondary N) is 2. The van der Waals surface area contributed by atoms with Gasteiger partial charge in [-0.05, 0) is 37.6 Å². The first-order valence-corrected chi connectivity index (χ1v) is 6.64. The van der Waals surface area contributed by atoms with Crippen molar-refractivity contribution in [2.45, 2.75) is 19.0 Å². The second-order valence-corrected chi connectivity index (χ2v) is 5.16. The van der Waals surface area contributed by atoms with Crippen LogP contribution in [0.15, 0.2) is 18.2 Å². The van der Waals surface area contributed by atoms with Crippen molar-refractivity contribution in [2.75, 3.05) is 18.4 Å². The van der Waals surface area contributed by atoms with Crippen molar-refractivity contribution in [2.24, 2.45) is 5.92 Å². The molecule has 1 saturated heterocycles. The van der Waals surface area contributed by atoms with Gasteiger partial charge in [-0.15, -0.1) is 0 Å². The summed E-state index contributed by atoms with van der Waals surface area (Å²) >= 11 is 5.59. The zero-order valence-electron chi connectivity index (χ0n) is 10.6. The smallest absolute Gasteiger partial charge is 0.325 e. The number of anilines is 1.